The van der Waals surface area contributed by atoms with Gasteiger partial charge in [-0.1, -0.05) is 20.8 Å². The predicted molar refractivity (Wildman–Crippen MR) is 109 cm³/mol. The van der Waals surface area contributed by atoms with Crippen molar-refractivity contribution in [1.29, 1.82) is 0 Å². The molecule has 0 unspecified atom stereocenters. The van der Waals surface area contributed by atoms with Gasteiger partial charge in [0.05, 0.1) is 11.3 Å². The fraction of sp³-hybridized carbons (Fsp3) is 0.381. The zero-order chi connectivity index (χ0) is 19.9. The summed E-state index contributed by atoms with van der Waals surface area (Å²) in [6.07, 6.45) is 2.63. The number of benzene rings is 1. The number of hydrogen-bond acceptors (Lipinski definition) is 5. The standard InChI is InChI=1S/C21H23FN4OS/c1-21(2,3)20-24-17-8-9-26(12-16(17)18(27)25-20)11-15-10-23-19(28-15)13-4-6-14(22)7-5-13/h4-7,10H,8-9,11-12H2,1-3H3,(H,24,25,27). The van der Waals surface area contributed by atoms with Crippen LogP contribution in [0.4, 0.5) is 4.39 Å². The van der Waals surface area contributed by atoms with Gasteiger partial charge in [-0.05, 0) is 24.3 Å². The lowest BCUT2D eigenvalue weighted by Gasteiger charge is -2.28. The molecule has 28 heavy (non-hydrogen) atoms. The molecule has 2 aromatic heterocycles. The first-order chi connectivity index (χ1) is 13.3. The first kappa shape index (κ1) is 19.0. The highest BCUT2D eigenvalue weighted by molar-refractivity contribution is 7.15. The molecular weight excluding hydrogens is 375 g/mol. The molecule has 1 N–H and O–H groups in total. The van der Waals surface area contributed by atoms with E-state index in [0.717, 1.165) is 52.0 Å². The number of rotatable bonds is 3. The lowest BCUT2D eigenvalue weighted by Crippen LogP contribution is -2.36. The minimum Gasteiger partial charge on any atom is -0.310 e. The molecule has 0 spiro atoms. The van der Waals surface area contributed by atoms with Crippen LogP contribution < -0.4 is 5.56 Å². The van der Waals surface area contributed by atoms with Crippen LogP contribution in [0.25, 0.3) is 10.6 Å². The Morgan fingerprint density at radius 3 is 2.71 bits per heavy atom. The van der Waals surface area contributed by atoms with Crippen molar-refractivity contribution < 1.29 is 4.39 Å². The van der Waals surface area contributed by atoms with Gasteiger partial charge in [-0.25, -0.2) is 14.4 Å². The smallest absolute Gasteiger partial charge is 0.255 e. The maximum atomic E-state index is 13.1. The van der Waals surface area contributed by atoms with Crippen molar-refractivity contribution in [3.63, 3.8) is 0 Å². The summed E-state index contributed by atoms with van der Waals surface area (Å²) in [5.74, 6) is 0.497. The maximum Gasteiger partial charge on any atom is 0.255 e. The molecule has 4 rings (SSSR count). The van der Waals surface area contributed by atoms with Gasteiger partial charge in [0, 0.05) is 48.1 Å². The number of thiazole rings is 1. The molecule has 1 aliphatic heterocycles. The molecule has 1 aliphatic rings. The Labute approximate surface area is 167 Å². The highest BCUT2D eigenvalue weighted by Gasteiger charge is 2.25. The van der Waals surface area contributed by atoms with E-state index in [2.05, 4.69) is 35.6 Å². The van der Waals surface area contributed by atoms with Crippen LogP contribution in [0, 0.1) is 5.82 Å². The summed E-state index contributed by atoms with van der Waals surface area (Å²) in [6.45, 7) is 8.33. The van der Waals surface area contributed by atoms with Crippen molar-refractivity contribution in [2.75, 3.05) is 6.54 Å². The summed E-state index contributed by atoms with van der Waals surface area (Å²) < 4.78 is 13.1. The number of H-pyrrole nitrogens is 1. The van der Waals surface area contributed by atoms with Gasteiger partial charge in [0.25, 0.3) is 5.56 Å². The fourth-order valence-corrected chi connectivity index (χ4v) is 4.26. The molecule has 146 valence electrons. The van der Waals surface area contributed by atoms with Crippen molar-refractivity contribution in [2.24, 2.45) is 0 Å². The highest BCUT2D eigenvalue weighted by Crippen LogP contribution is 2.27. The van der Waals surface area contributed by atoms with E-state index in [-0.39, 0.29) is 16.8 Å². The fourth-order valence-electron chi connectivity index (χ4n) is 3.30. The molecule has 0 saturated carbocycles. The lowest BCUT2D eigenvalue weighted by molar-refractivity contribution is 0.243. The van der Waals surface area contributed by atoms with Crippen molar-refractivity contribution in [3.8, 4) is 10.6 Å². The molecule has 3 heterocycles. The molecule has 0 amide bonds. The van der Waals surface area contributed by atoms with Crippen molar-refractivity contribution >= 4 is 11.3 Å². The molecule has 0 saturated heterocycles. The van der Waals surface area contributed by atoms with E-state index in [1.807, 2.05) is 6.20 Å². The first-order valence-electron chi connectivity index (χ1n) is 9.35. The molecule has 0 atom stereocenters. The van der Waals surface area contributed by atoms with Gasteiger partial charge in [0.15, 0.2) is 0 Å². The summed E-state index contributed by atoms with van der Waals surface area (Å²) in [5, 5.41) is 0.877. The summed E-state index contributed by atoms with van der Waals surface area (Å²) in [4.78, 5) is 28.1. The third-order valence-electron chi connectivity index (χ3n) is 4.88. The number of nitrogens with zero attached hydrogens (tertiary/aromatic N) is 3. The second-order valence-electron chi connectivity index (χ2n) is 8.19. The molecular formula is C21H23FN4OS. The van der Waals surface area contributed by atoms with Crippen LogP contribution in [0.1, 0.15) is 42.7 Å². The minimum absolute atomic E-state index is 0.0315. The number of aromatic nitrogens is 3. The van der Waals surface area contributed by atoms with E-state index in [1.54, 1.807) is 23.5 Å². The summed E-state index contributed by atoms with van der Waals surface area (Å²) >= 11 is 1.60. The van der Waals surface area contributed by atoms with E-state index >= 15 is 0 Å². The number of nitrogens with one attached hydrogen (secondary N) is 1. The van der Waals surface area contributed by atoms with Crippen LogP contribution in [0.3, 0.4) is 0 Å². The van der Waals surface area contributed by atoms with Crippen molar-refractivity contribution in [1.82, 2.24) is 19.9 Å². The maximum absolute atomic E-state index is 13.1. The van der Waals surface area contributed by atoms with Crippen molar-refractivity contribution in [3.05, 3.63) is 68.6 Å². The van der Waals surface area contributed by atoms with E-state index in [4.69, 9.17) is 4.98 Å². The Bertz CT molecular complexity index is 1050. The Kier molecular flexibility index (Phi) is 4.89. The second-order valence-corrected chi connectivity index (χ2v) is 9.30. The van der Waals surface area contributed by atoms with Crippen LogP contribution in [0.2, 0.25) is 0 Å². The summed E-state index contributed by atoms with van der Waals surface area (Å²) in [7, 11) is 0. The zero-order valence-corrected chi connectivity index (χ0v) is 17.1. The zero-order valence-electron chi connectivity index (χ0n) is 16.3. The van der Waals surface area contributed by atoms with Crippen LogP contribution >= 0.6 is 11.3 Å². The van der Waals surface area contributed by atoms with Crippen LogP contribution in [0.15, 0.2) is 35.3 Å². The van der Waals surface area contributed by atoms with E-state index in [9.17, 15) is 9.18 Å². The first-order valence-corrected chi connectivity index (χ1v) is 10.2. The molecule has 7 heteroatoms. The monoisotopic (exact) mass is 398 g/mol. The van der Waals surface area contributed by atoms with E-state index in [0.29, 0.717) is 6.54 Å². The number of aromatic amines is 1. The van der Waals surface area contributed by atoms with Gasteiger partial charge in [-0.3, -0.25) is 9.69 Å². The molecule has 0 radical (unpaired) electrons. The Hall–Kier alpha value is -2.38. The molecule has 3 aromatic rings. The Morgan fingerprint density at radius 1 is 1.25 bits per heavy atom. The third kappa shape index (κ3) is 3.91. The van der Waals surface area contributed by atoms with Crippen molar-refractivity contribution in [2.45, 2.75) is 45.7 Å². The SMILES string of the molecule is CC(C)(C)c1nc2c(c(=O)[nH]1)CN(Cc1cnc(-c3ccc(F)cc3)s1)CC2. The predicted octanol–water partition coefficient (Wildman–Crippen LogP) is 3.89. The second kappa shape index (κ2) is 7.22. The summed E-state index contributed by atoms with van der Waals surface area (Å²) in [5.41, 5.74) is 2.39. The minimum atomic E-state index is -0.249. The average Bonchev–Trinajstić information content (AvgIpc) is 3.10. The van der Waals surface area contributed by atoms with E-state index < -0.39 is 0 Å². The van der Waals surface area contributed by atoms with Gasteiger partial charge in [-0.2, -0.15) is 0 Å². The summed E-state index contributed by atoms with van der Waals surface area (Å²) in [6, 6.07) is 6.38. The molecule has 0 bridgehead atoms. The Morgan fingerprint density at radius 2 is 2.00 bits per heavy atom. The Balaban J connectivity index is 1.50. The largest absolute Gasteiger partial charge is 0.310 e. The molecule has 0 aliphatic carbocycles. The number of hydrogen-bond donors (Lipinski definition) is 1. The van der Waals surface area contributed by atoms with Crippen LogP contribution in [-0.4, -0.2) is 26.4 Å². The van der Waals surface area contributed by atoms with Gasteiger partial charge in [-0.15, -0.1) is 11.3 Å². The molecule has 1 aromatic carbocycles. The van der Waals surface area contributed by atoms with Gasteiger partial charge in [0.1, 0.15) is 16.6 Å². The van der Waals surface area contributed by atoms with Crippen LogP contribution in [0.5, 0.6) is 0 Å². The van der Waals surface area contributed by atoms with Gasteiger partial charge >= 0.3 is 0 Å². The quantitative estimate of drug-likeness (QED) is 0.727. The average molecular weight is 399 g/mol. The van der Waals surface area contributed by atoms with Crippen LogP contribution in [-0.2, 0) is 24.9 Å². The highest BCUT2D eigenvalue weighted by atomic mass is 32.1. The van der Waals surface area contributed by atoms with Gasteiger partial charge < -0.3 is 4.98 Å². The normalized spacial score (nSPS) is 14.9. The third-order valence-corrected chi connectivity index (χ3v) is 5.91. The molecule has 0 fully saturated rings. The number of halogens is 1. The molecule has 5 nitrogen and oxygen atoms in total. The lowest BCUT2D eigenvalue weighted by atomic mass is 9.95. The van der Waals surface area contributed by atoms with E-state index in [1.165, 1.54) is 12.1 Å². The number of fused-ring (bicyclic) bond motifs is 1. The topological polar surface area (TPSA) is 61.9 Å². The van der Waals surface area contributed by atoms with Gasteiger partial charge in [0.2, 0.25) is 0 Å².